The number of nitrogens with zero attached hydrogens (tertiary/aromatic N) is 1. The molecule has 0 saturated carbocycles. The number of carbonyl (C=O) groups is 1. The van der Waals surface area contributed by atoms with Crippen molar-refractivity contribution in [2.45, 2.75) is 5.03 Å². The zero-order valence-corrected chi connectivity index (χ0v) is 7.00. The van der Waals surface area contributed by atoms with Crippen molar-refractivity contribution in [1.29, 1.82) is 0 Å². The highest BCUT2D eigenvalue weighted by molar-refractivity contribution is 7.89. The van der Waals surface area contributed by atoms with Crippen LogP contribution in [0.1, 0.15) is 10.4 Å². The standard InChI is InChI=1S/C4H6N4O4S/c5-8-13(11,12)3-2(4(9)10)1-6-7-3/h1,8H,5H2,(H,6,7)(H,9,10). The van der Waals surface area contributed by atoms with Crippen molar-refractivity contribution in [3.05, 3.63) is 11.8 Å². The van der Waals surface area contributed by atoms with Crippen LogP contribution in [-0.4, -0.2) is 29.7 Å². The number of hydrogen-bond donors (Lipinski definition) is 4. The number of carboxylic acids is 1. The summed E-state index contributed by atoms with van der Waals surface area (Å²) in [6, 6.07) is 0. The Morgan fingerprint density at radius 2 is 2.31 bits per heavy atom. The Bertz CT molecular complexity index is 421. The highest BCUT2D eigenvalue weighted by atomic mass is 32.2. The van der Waals surface area contributed by atoms with Crippen molar-refractivity contribution in [1.82, 2.24) is 15.0 Å². The summed E-state index contributed by atoms with van der Waals surface area (Å²) >= 11 is 0. The second kappa shape index (κ2) is 3.12. The van der Waals surface area contributed by atoms with Gasteiger partial charge in [-0.15, -0.1) is 4.83 Å². The average Bonchev–Trinajstić information content (AvgIpc) is 2.52. The fourth-order valence-electron chi connectivity index (χ4n) is 0.690. The minimum absolute atomic E-state index is 0.460. The molecule has 0 aromatic carbocycles. The summed E-state index contributed by atoms with van der Waals surface area (Å²) in [5.74, 6) is 3.29. The molecule has 0 amide bonds. The maximum absolute atomic E-state index is 11.0. The fraction of sp³-hybridized carbons (Fsp3) is 0. The normalized spacial score (nSPS) is 11.5. The average molecular weight is 206 g/mol. The molecular formula is C4H6N4O4S. The van der Waals surface area contributed by atoms with Crippen molar-refractivity contribution in [3.63, 3.8) is 0 Å². The summed E-state index contributed by atoms with van der Waals surface area (Å²) in [5, 5.41) is 13.2. The zero-order valence-electron chi connectivity index (χ0n) is 6.18. The molecule has 0 atom stereocenters. The van der Waals surface area contributed by atoms with Gasteiger partial charge in [0.25, 0.3) is 10.0 Å². The molecule has 0 aliphatic carbocycles. The smallest absolute Gasteiger partial charge is 0.340 e. The molecule has 0 fully saturated rings. The monoisotopic (exact) mass is 206 g/mol. The highest BCUT2D eigenvalue weighted by Gasteiger charge is 2.23. The van der Waals surface area contributed by atoms with E-state index in [-0.39, 0.29) is 0 Å². The van der Waals surface area contributed by atoms with Gasteiger partial charge >= 0.3 is 5.97 Å². The SMILES string of the molecule is NNS(=O)(=O)c1[nH]ncc1C(=O)O. The molecule has 0 aliphatic rings. The second-order valence-electron chi connectivity index (χ2n) is 2.04. The molecule has 0 radical (unpaired) electrons. The van der Waals surface area contributed by atoms with E-state index in [4.69, 9.17) is 5.11 Å². The van der Waals surface area contributed by atoms with Gasteiger partial charge in [-0.1, -0.05) is 0 Å². The van der Waals surface area contributed by atoms with Gasteiger partial charge in [0.05, 0.1) is 6.20 Å². The van der Waals surface area contributed by atoms with Crippen LogP contribution >= 0.6 is 0 Å². The van der Waals surface area contributed by atoms with E-state index in [9.17, 15) is 13.2 Å². The van der Waals surface area contributed by atoms with Crippen molar-refractivity contribution in [3.8, 4) is 0 Å². The van der Waals surface area contributed by atoms with Crippen LogP contribution in [0.25, 0.3) is 0 Å². The molecule has 0 bridgehead atoms. The van der Waals surface area contributed by atoms with Gasteiger partial charge in [0.15, 0.2) is 5.03 Å². The van der Waals surface area contributed by atoms with Crippen molar-refractivity contribution < 1.29 is 18.3 Å². The van der Waals surface area contributed by atoms with Gasteiger partial charge in [-0.3, -0.25) is 10.9 Å². The van der Waals surface area contributed by atoms with Crippen LogP contribution in [0.15, 0.2) is 11.2 Å². The van der Waals surface area contributed by atoms with Gasteiger partial charge in [0, 0.05) is 0 Å². The number of aromatic nitrogens is 2. The first-order chi connectivity index (χ1) is 5.99. The van der Waals surface area contributed by atoms with E-state index in [1.54, 1.807) is 0 Å². The zero-order chi connectivity index (χ0) is 10.1. The van der Waals surface area contributed by atoms with Crippen LogP contribution in [0.5, 0.6) is 0 Å². The predicted molar refractivity (Wildman–Crippen MR) is 40.1 cm³/mol. The molecule has 0 unspecified atom stereocenters. The second-order valence-corrected chi connectivity index (χ2v) is 3.69. The Morgan fingerprint density at radius 1 is 1.69 bits per heavy atom. The number of aromatic carboxylic acids is 1. The third-order valence-electron chi connectivity index (χ3n) is 1.26. The topological polar surface area (TPSA) is 138 Å². The molecule has 1 aromatic rings. The molecule has 1 rings (SSSR count). The summed E-state index contributed by atoms with van der Waals surface area (Å²) in [6.45, 7) is 0. The molecule has 1 heterocycles. The first-order valence-corrected chi connectivity index (χ1v) is 4.46. The number of nitrogens with two attached hydrogens (primary N) is 1. The van der Waals surface area contributed by atoms with Crippen LogP contribution < -0.4 is 10.7 Å². The minimum atomic E-state index is -4.00. The third kappa shape index (κ3) is 1.66. The first kappa shape index (κ1) is 9.64. The summed E-state index contributed by atoms with van der Waals surface area (Å²) in [4.78, 5) is 11.9. The van der Waals surface area contributed by atoms with E-state index in [1.807, 2.05) is 5.10 Å². The van der Waals surface area contributed by atoms with Crippen LogP contribution in [-0.2, 0) is 10.0 Å². The number of sulfonamides is 1. The van der Waals surface area contributed by atoms with Crippen molar-refractivity contribution in [2.24, 2.45) is 5.84 Å². The molecule has 13 heavy (non-hydrogen) atoms. The van der Waals surface area contributed by atoms with E-state index in [0.717, 1.165) is 6.20 Å². The summed E-state index contributed by atoms with van der Waals surface area (Å²) in [6.07, 6.45) is 0.882. The summed E-state index contributed by atoms with van der Waals surface area (Å²) < 4.78 is 22.0. The number of rotatable bonds is 3. The molecule has 0 aliphatic heterocycles. The Kier molecular flexibility index (Phi) is 2.32. The van der Waals surface area contributed by atoms with Crippen LogP contribution in [0.3, 0.4) is 0 Å². The number of aromatic amines is 1. The number of carboxylic acid groups (broad SMARTS) is 1. The number of H-pyrrole nitrogens is 1. The molecule has 9 heteroatoms. The lowest BCUT2D eigenvalue weighted by Crippen LogP contribution is -2.31. The molecule has 0 spiro atoms. The Labute approximate surface area is 72.8 Å². The number of hydrazine groups is 1. The maximum Gasteiger partial charge on any atom is 0.340 e. The largest absolute Gasteiger partial charge is 0.478 e. The van der Waals surface area contributed by atoms with Gasteiger partial charge in [-0.05, 0) is 0 Å². The van der Waals surface area contributed by atoms with Gasteiger partial charge in [-0.25, -0.2) is 13.2 Å². The summed E-state index contributed by atoms with van der Waals surface area (Å²) in [7, 11) is -4.00. The predicted octanol–water partition coefficient (Wildman–Crippen LogP) is -1.74. The van der Waals surface area contributed by atoms with E-state index < -0.39 is 26.6 Å². The lowest BCUT2D eigenvalue weighted by atomic mass is 10.4. The molecule has 1 aromatic heterocycles. The number of nitrogens with one attached hydrogen (secondary N) is 2. The lowest BCUT2D eigenvalue weighted by molar-refractivity contribution is 0.0692. The Morgan fingerprint density at radius 3 is 2.77 bits per heavy atom. The van der Waals surface area contributed by atoms with Gasteiger partial charge in [-0.2, -0.15) is 5.10 Å². The highest BCUT2D eigenvalue weighted by Crippen LogP contribution is 2.09. The van der Waals surface area contributed by atoms with Crippen LogP contribution in [0.2, 0.25) is 0 Å². The summed E-state index contributed by atoms with van der Waals surface area (Å²) in [5.41, 5.74) is -0.460. The number of hydrogen-bond acceptors (Lipinski definition) is 5. The minimum Gasteiger partial charge on any atom is -0.478 e. The Balaban J connectivity index is 3.31. The van der Waals surface area contributed by atoms with Gasteiger partial charge < -0.3 is 5.11 Å². The van der Waals surface area contributed by atoms with Crippen molar-refractivity contribution in [2.75, 3.05) is 0 Å². The molecular weight excluding hydrogens is 200 g/mol. The molecule has 72 valence electrons. The fourth-order valence-corrected chi connectivity index (χ4v) is 1.41. The third-order valence-corrected chi connectivity index (χ3v) is 2.42. The molecule has 8 nitrogen and oxygen atoms in total. The van der Waals surface area contributed by atoms with Gasteiger partial charge in [0.1, 0.15) is 5.56 Å². The van der Waals surface area contributed by atoms with E-state index in [2.05, 4.69) is 10.9 Å². The van der Waals surface area contributed by atoms with E-state index in [1.165, 1.54) is 4.83 Å². The van der Waals surface area contributed by atoms with Gasteiger partial charge in [0.2, 0.25) is 0 Å². The first-order valence-electron chi connectivity index (χ1n) is 2.98. The van der Waals surface area contributed by atoms with Crippen LogP contribution in [0, 0.1) is 0 Å². The Hall–Kier alpha value is -1.45. The molecule has 5 N–H and O–H groups in total. The molecule has 0 saturated heterocycles. The maximum atomic E-state index is 11.0. The van der Waals surface area contributed by atoms with Crippen molar-refractivity contribution >= 4 is 16.0 Å². The van der Waals surface area contributed by atoms with E-state index in [0.29, 0.717) is 0 Å². The lowest BCUT2D eigenvalue weighted by Gasteiger charge is -1.98. The quantitative estimate of drug-likeness (QED) is 0.342. The van der Waals surface area contributed by atoms with Crippen LogP contribution in [0.4, 0.5) is 0 Å². The van der Waals surface area contributed by atoms with E-state index >= 15 is 0 Å².